The molecule has 138 valence electrons. The van der Waals surface area contributed by atoms with Crippen molar-refractivity contribution in [2.45, 2.75) is 38.2 Å². The normalized spacial score (nSPS) is 11.4. The molecule has 7 heteroatoms. The molecule has 0 saturated heterocycles. The average Bonchev–Trinajstić information content (AvgIpc) is 3.26. The third-order valence-corrected chi connectivity index (χ3v) is 6.60. The fourth-order valence-corrected chi connectivity index (χ4v) is 4.93. The molecule has 1 aromatic carbocycles. The summed E-state index contributed by atoms with van der Waals surface area (Å²) < 4.78 is 7.34. The molecule has 0 bridgehead atoms. The van der Waals surface area contributed by atoms with Crippen LogP contribution in [0.25, 0.3) is 21.7 Å². The summed E-state index contributed by atoms with van der Waals surface area (Å²) in [5, 5.41) is 1.47. The van der Waals surface area contributed by atoms with Crippen molar-refractivity contribution < 1.29 is 4.42 Å². The van der Waals surface area contributed by atoms with Crippen LogP contribution >= 0.6 is 23.1 Å². The van der Waals surface area contributed by atoms with Crippen molar-refractivity contribution in [3.05, 3.63) is 63.1 Å². The molecule has 4 aromatic rings. The quantitative estimate of drug-likeness (QED) is 0.349. The van der Waals surface area contributed by atoms with Gasteiger partial charge in [0.05, 0.1) is 11.1 Å². The molecule has 0 aliphatic rings. The minimum Gasteiger partial charge on any atom is -0.444 e. The highest BCUT2D eigenvalue weighted by atomic mass is 32.2. The Morgan fingerprint density at radius 1 is 1.19 bits per heavy atom. The lowest BCUT2D eigenvalue weighted by molar-refractivity contribution is 0.573. The van der Waals surface area contributed by atoms with Crippen molar-refractivity contribution in [1.82, 2.24) is 14.5 Å². The number of nitrogens with zero attached hydrogens (tertiary/aromatic N) is 3. The summed E-state index contributed by atoms with van der Waals surface area (Å²) >= 11 is 3.09. The summed E-state index contributed by atoms with van der Waals surface area (Å²) in [6.07, 6.45) is 1.67. The standard InChI is InChI=1S/C20H19N3O2S2/c1-4-23-19(24)16-12(2)13(3)27-18(16)22-20(23)26-11-15-10-25-17(21-15)14-8-6-5-7-9-14/h5-10H,4,11H2,1-3H3. The predicted octanol–water partition coefficient (Wildman–Crippen LogP) is 5.04. The molecule has 4 rings (SSSR count). The van der Waals surface area contributed by atoms with Crippen molar-refractivity contribution in [1.29, 1.82) is 0 Å². The summed E-state index contributed by atoms with van der Waals surface area (Å²) in [5.74, 6) is 1.20. The number of aromatic nitrogens is 3. The summed E-state index contributed by atoms with van der Waals surface area (Å²) in [6.45, 7) is 6.58. The maximum absolute atomic E-state index is 12.9. The minimum absolute atomic E-state index is 0.0389. The lowest BCUT2D eigenvalue weighted by Crippen LogP contribution is -2.22. The van der Waals surface area contributed by atoms with Crippen molar-refractivity contribution in [2.24, 2.45) is 0 Å². The molecule has 0 saturated carbocycles. The van der Waals surface area contributed by atoms with Crippen LogP contribution in [0.4, 0.5) is 0 Å². The summed E-state index contributed by atoms with van der Waals surface area (Å²) in [5.41, 5.74) is 2.85. The van der Waals surface area contributed by atoms with Gasteiger partial charge in [0.1, 0.15) is 11.1 Å². The molecule has 0 spiro atoms. The fourth-order valence-electron chi connectivity index (χ4n) is 2.92. The Hall–Kier alpha value is -2.38. The molecule has 5 nitrogen and oxygen atoms in total. The van der Waals surface area contributed by atoms with Gasteiger partial charge in [-0.1, -0.05) is 30.0 Å². The smallest absolute Gasteiger partial charge is 0.263 e. The third kappa shape index (κ3) is 3.33. The molecule has 27 heavy (non-hydrogen) atoms. The number of thioether (sulfide) groups is 1. The maximum Gasteiger partial charge on any atom is 0.263 e. The number of rotatable bonds is 5. The van der Waals surface area contributed by atoms with Crippen molar-refractivity contribution in [2.75, 3.05) is 0 Å². The average molecular weight is 398 g/mol. The van der Waals surface area contributed by atoms with Gasteiger partial charge in [-0.2, -0.15) is 0 Å². The highest BCUT2D eigenvalue weighted by Crippen LogP contribution is 2.29. The Bertz CT molecular complexity index is 1160. The van der Waals surface area contributed by atoms with E-state index >= 15 is 0 Å². The predicted molar refractivity (Wildman–Crippen MR) is 111 cm³/mol. The van der Waals surface area contributed by atoms with Crippen molar-refractivity contribution >= 4 is 33.3 Å². The molecule has 0 unspecified atom stereocenters. The lowest BCUT2D eigenvalue weighted by Gasteiger charge is -2.09. The van der Waals surface area contributed by atoms with Gasteiger partial charge in [0, 0.05) is 22.7 Å². The van der Waals surface area contributed by atoms with E-state index in [1.54, 1.807) is 22.2 Å². The first-order chi connectivity index (χ1) is 13.1. The molecule has 3 heterocycles. The second-order valence-electron chi connectivity index (χ2n) is 6.21. The van der Waals surface area contributed by atoms with Gasteiger partial charge in [-0.05, 0) is 38.5 Å². The Balaban J connectivity index is 1.63. The molecule has 0 aliphatic heterocycles. The first-order valence-corrected chi connectivity index (χ1v) is 10.5. The highest BCUT2D eigenvalue weighted by molar-refractivity contribution is 7.98. The van der Waals surface area contributed by atoms with Gasteiger partial charge in [0.25, 0.3) is 5.56 Å². The third-order valence-electron chi connectivity index (χ3n) is 4.49. The van der Waals surface area contributed by atoms with Crippen LogP contribution in [-0.2, 0) is 12.3 Å². The molecule has 0 atom stereocenters. The largest absolute Gasteiger partial charge is 0.444 e. The highest BCUT2D eigenvalue weighted by Gasteiger charge is 2.16. The molecule has 3 aromatic heterocycles. The minimum atomic E-state index is 0.0389. The SMILES string of the molecule is CCn1c(SCc2coc(-c3ccccc3)n2)nc2sc(C)c(C)c2c1=O. The van der Waals surface area contributed by atoms with Gasteiger partial charge < -0.3 is 4.42 Å². The first-order valence-electron chi connectivity index (χ1n) is 8.71. The molecule has 0 radical (unpaired) electrons. The van der Waals surface area contributed by atoms with Gasteiger partial charge in [0.15, 0.2) is 5.16 Å². The second kappa shape index (κ2) is 7.32. The fraction of sp³-hybridized carbons (Fsp3) is 0.250. The Morgan fingerprint density at radius 2 is 1.96 bits per heavy atom. The van der Waals surface area contributed by atoms with E-state index in [2.05, 4.69) is 4.98 Å². The molecular formula is C20H19N3O2S2. The van der Waals surface area contributed by atoms with Gasteiger partial charge in [-0.15, -0.1) is 11.3 Å². The van der Waals surface area contributed by atoms with Crippen LogP contribution < -0.4 is 5.56 Å². The number of thiophene rings is 1. The van der Waals surface area contributed by atoms with Crippen LogP contribution in [0.5, 0.6) is 0 Å². The Labute approximate surface area is 165 Å². The second-order valence-corrected chi connectivity index (χ2v) is 8.35. The van der Waals surface area contributed by atoms with Crippen LogP contribution in [0.2, 0.25) is 0 Å². The molecular weight excluding hydrogens is 378 g/mol. The van der Waals surface area contributed by atoms with E-state index in [-0.39, 0.29) is 5.56 Å². The number of oxazole rings is 1. The van der Waals surface area contributed by atoms with E-state index in [1.807, 2.05) is 51.1 Å². The number of aryl methyl sites for hydroxylation is 2. The van der Waals surface area contributed by atoms with Crippen molar-refractivity contribution in [3.8, 4) is 11.5 Å². The van der Waals surface area contributed by atoms with E-state index in [1.165, 1.54) is 11.8 Å². The van der Waals surface area contributed by atoms with Crippen LogP contribution in [0.3, 0.4) is 0 Å². The zero-order valence-corrected chi connectivity index (χ0v) is 17.0. The van der Waals surface area contributed by atoms with Gasteiger partial charge in [0.2, 0.25) is 5.89 Å². The van der Waals surface area contributed by atoms with Crippen molar-refractivity contribution in [3.63, 3.8) is 0 Å². The Morgan fingerprint density at radius 3 is 2.70 bits per heavy atom. The maximum atomic E-state index is 12.9. The zero-order valence-electron chi connectivity index (χ0n) is 15.4. The number of hydrogen-bond donors (Lipinski definition) is 0. The van der Waals surface area contributed by atoms with Gasteiger partial charge >= 0.3 is 0 Å². The van der Waals surface area contributed by atoms with Crippen LogP contribution in [0, 0.1) is 13.8 Å². The molecule has 0 amide bonds. The monoisotopic (exact) mass is 397 g/mol. The van der Waals surface area contributed by atoms with Crippen LogP contribution in [0.15, 0.2) is 51.0 Å². The number of benzene rings is 1. The topological polar surface area (TPSA) is 60.9 Å². The molecule has 0 fully saturated rings. The summed E-state index contributed by atoms with van der Waals surface area (Å²) in [6, 6.07) is 9.81. The van der Waals surface area contributed by atoms with E-state index < -0.39 is 0 Å². The van der Waals surface area contributed by atoms with Crippen LogP contribution in [0.1, 0.15) is 23.1 Å². The van der Waals surface area contributed by atoms with E-state index in [9.17, 15) is 4.79 Å². The van der Waals surface area contributed by atoms with Crippen LogP contribution in [-0.4, -0.2) is 14.5 Å². The van der Waals surface area contributed by atoms with E-state index in [4.69, 9.17) is 9.40 Å². The van der Waals surface area contributed by atoms with E-state index in [0.717, 1.165) is 37.1 Å². The van der Waals surface area contributed by atoms with Gasteiger partial charge in [-0.25, -0.2) is 9.97 Å². The lowest BCUT2D eigenvalue weighted by atomic mass is 10.2. The summed E-state index contributed by atoms with van der Waals surface area (Å²) in [7, 11) is 0. The van der Waals surface area contributed by atoms with E-state index in [0.29, 0.717) is 18.2 Å². The first kappa shape index (κ1) is 18.0. The summed E-state index contributed by atoms with van der Waals surface area (Å²) in [4.78, 5) is 24.2. The Kier molecular flexibility index (Phi) is 4.88. The number of hydrogen-bond acceptors (Lipinski definition) is 6. The molecule has 0 N–H and O–H groups in total. The molecule has 0 aliphatic carbocycles. The number of fused-ring (bicyclic) bond motifs is 1. The zero-order chi connectivity index (χ0) is 19.0. The van der Waals surface area contributed by atoms with Gasteiger partial charge in [-0.3, -0.25) is 9.36 Å².